The maximum absolute atomic E-state index is 5.75. The summed E-state index contributed by atoms with van der Waals surface area (Å²) < 4.78 is 5.75. The first-order valence-corrected chi connectivity index (χ1v) is 11.8. The van der Waals surface area contributed by atoms with Gasteiger partial charge in [-0.15, -0.1) is 46.7 Å². The Balaban J connectivity index is 0.00000300. The summed E-state index contributed by atoms with van der Waals surface area (Å²) in [7, 11) is 2.13. The molecule has 2 unspecified atom stereocenters. The van der Waals surface area contributed by atoms with Crippen LogP contribution in [0.25, 0.3) is 0 Å². The van der Waals surface area contributed by atoms with E-state index in [2.05, 4.69) is 71.0 Å². The predicted octanol–water partition coefficient (Wildman–Crippen LogP) is 4.33. The fraction of sp³-hybridized carbons (Fsp3) is 0.571. The van der Waals surface area contributed by atoms with Crippen LogP contribution in [0.4, 0.5) is 0 Å². The molecule has 3 heterocycles. The topological polar surface area (TPSA) is 40.1 Å². The molecule has 162 valence electrons. The number of likely N-dealkylation sites (N-methyl/N-ethyl adjacent to an activating group) is 1. The van der Waals surface area contributed by atoms with E-state index in [4.69, 9.17) is 9.73 Å². The summed E-state index contributed by atoms with van der Waals surface area (Å²) in [5, 5.41) is 7.77. The molecule has 2 aromatic rings. The molecular weight excluding hydrogens is 515 g/mol. The van der Waals surface area contributed by atoms with Gasteiger partial charge in [0.2, 0.25) is 0 Å². The number of thiophene rings is 2. The number of halogens is 1. The van der Waals surface area contributed by atoms with Crippen molar-refractivity contribution in [1.82, 2.24) is 15.1 Å². The highest BCUT2D eigenvalue weighted by atomic mass is 127. The second-order valence-corrected chi connectivity index (χ2v) is 9.16. The average Bonchev–Trinajstić information content (AvgIpc) is 3.40. The second kappa shape index (κ2) is 12.9. The fourth-order valence-corrected chi connectivity index (χ4v) is 5.03. The van der Waals surface area contributed by atoms with Gasteiger partial charge in [0.05, 0.1) is 25.3 Å². The normalized spacial score (nSPS) is 18.9. The molecule has 0 aromatic carbocycles. The molecule has 0 aliphatic carbocycles. The monoisotopic (exact) mass is 548 g/mol. The van der Waals surface area contributed by atoms with Crippen LogP contribution in [0.3, 0.4) is 0 Å². The van der Waals surface area contributed by atoms with Gasteiger partial charge < -0.3 is 15.0 Å². The van der Waals surface area contributed by atoms with Crippen molar-refractivity contribution in [1.29, 1.82) is 0 Å². The highest BCUT2D eigenvalue weighted by Gasteiger charge is 2.26. The number of ether oxygens (including phenoxy) is 1. The minimum atomic E-state index is 0. The van der Waals surface area contributed by atoms with Gasteiger partial charge in [0.25, 0.3) is 0 Å². The lowest BCUT2D eigenvalue weighted by molar-refractivity contribution is -0.0327. The van der Waals surface area contributed by atoms with E-state index in [0.29, 0.717) is 6.04 Å². The summed E-state index contributed by atoms with van der Waals surface area (Å²) in [6.45, 7) is 9.61. The highest BCUT2D eigenvalue weighted by molar-refractivity contribution is 14.0. The van der Waals surface area contributed by atoms with E-state index < -0.39 is 0 Å². The molecule has 3 rings (SSSR count). The third kappa shape index (κ3) is 7.50. The van der Waals surface area contributed by atoms with Gasteiger partial charge in [0.15, 0.2) is 5.96 Å². The average molecular weight is 549 g/mol. The van der Waals surface area contributed by atoms with Crippen LogP contribution in [-0.2, 0) is 11.2 Å². The molecule has 2 aromatic heterocycles. The van der Waals surface area contributed by atoms with E-state index in [9.17, 15) is 0 Å². The molecule has 0 radical (unpaired) electrons. The van der Waals surface area contributed by atoms with Crippen molar-refractivity contribution in [3.05, 3.63) is 44.8 Å². The number of nitrogens with zero attached hydrogens (tertiary/aromatic N) is 3. The Morgan fingerprint density at radius 1 is 1.34 bits per heavy atom. The summed E-state index contributed by atoms with van der Waals surface area (Å²) in [5.74, 6) is 0.988. The zero-order chi connectivity index (χ0) is 19.8. The first-order valence-electron chi connectivity index (χ1n) is 10.1. The molecule has 2 atom stereocenters. The number of hydrogen-bond acceptors (Lipinski definition) is 5. The van der Waals surface area contributed by atoms with Crippen LogP contribution in [0.5, 0.6) is 0 Å². The van der Waals surface area contributed by atoms with E-state index in [-0.39, 0.29) is 30.1 Å². The molecule has 8 heteroatoms. The largest absolute Gasteiger partial charge is 0.376 e. The van der Waals surface area contributed by atoms with Gasteiger partial charge in [-0.2, -0.15) is 0 Å². The third-order valence-electron chi connectivity index (χ3n) is 4.97. The zero-order valence-electron chi connectivity index (χ0n) is 17.5. The van der Waals surface area contributed by atoms with Crippen LogP contribution in [0.2, 0.25) is 0 Å². The molecule has 5 nitrogen and oxygen atoms in total. The van der Waals surface area contributed by atoms with Gasteiger partial charge in [0.1, 0.15) is 0 Å². The van der Waals surface area contributed by atoms with Crippen molar-refractivity contribution in [2.24, 2.45) is 4.99 Å². The summed E-state index contributed by atoms with van der Waals surface area (Å²) in [6, 6.07) is 9.01. The van der Waals surface area contributed by atoms with Gasteiger partial charge in [-0.1, -0.05) is 12.1 Å². The van der Waals surface area contributed by atoms with Gasteiger partial charge in [-0.25, -0.2) is 0 Å². The zero-order valence-corrected chi connectivity index (χ0v) is 21.5. The van der Waals surface area contributed by atoms with Gasteiger partial charge in [-0.3, -0.25) is 9.89 Å². The molecule has 29 heavy (non-hydrogen) atoms. The van der Waals surface area contributed by atoms with Crippen molar-refractivity contribution in [2.45, 2.75) is 32.4 Å². The third-order valence-corrected chi connectivity index (χ3v) is 6.88. The van der Waals surface area contributed by atoms with Gasteiger partial charge >= 0.3 is 0 Å². The number of rotatable bonds is 8. The number of aliphatic imine (C=N–C) groups is 1. The summed E-state index contributed by atoms with van der Waals surface area (Å²) >= 11 is 3.64. The smallest absolute Gasteiger partial charge is 0.193 e. The van der Waals surface area contributed by atoms with E-state index in [1.54, 1.807) is 0 Å². The lowest BCUT2D eigenvalue weighted by atomic mass is 10.1. The van der Waals surface area contributed by atoms with E-state index in [1.807, 2.05) is 22.7 Å². The Morgan fingerprint density at radius 2 is 2.14 bits per heavy atom. The van der Waals surface area contributed by atoms with Crippen LogP contribution in [0, 0.1) is 0 Å². The predicted molar refractivity (Wildman–Crippen MR) is 136 cm³/mol. The lowest BCUT2D eigenvalue weighted by Crippen LogP contribution is -2.44. The molecule has 1 fully saturated rings. The van der Waals surface area contributed by atoms with E-state index in [0.717, 1.165) is 51.7 Å². The van der Waals surface area contributed by atoms with Crippen LogP contribution < -0.4 is 5.32 Å². The number of guanidine groups is 1. The van der Waals surface area contributed by atoms with Gasteiger partial charge in [-0.05, 0) is 43.2 Å². The Kier molecular flexibility index (Phi) is 10.9. The van der Waals surface area contributed by atoms with Gasteiger partial charge in [0, 0.05) is 43.0 Å². The molecular formula is C21H33IN4OS2. The van der Waals surface area contributed by atoms with Crippen molar-refractivity contribution in [2.75, 3.05) is 46.4 Å². The quantitative estimate of drug-likeness (QED) is 0.303. The molecule has 1 aliphatic rings. The minimum absolute atomic E-state index is 0. The highest BCUT2D eigenvalue weighted by Crippen LogP contribution is 2.27. The Hall–Kier alpha value is -0.680. The van der Waals surface area contributed by atoms with Crippen LogP contribution in [0.15, 0.2) is 40.0 Å². The van der Waals surface area contributed by atoms with Crippen molar-refractivity contribution in [3.8, 4) is 0 Å². The second-order valence-electron chi connectivity index (χ2n) is 7.15. The first-order chi connectivity index (χ1) is 13.7. The molecule has 0 amide bonds. The number of nitrogens with one attached hydrogen (secondary N) is 1. The summed E-state index contributed by atoms with van der Waals surface area (Å²) in [4.78, 5) is 12.6. The molecule has 0 spiro atoms. The maximum Gasteiger partial charge on any atom is 0.193 e. The standard InChI is InChI=1S/C21H32N4OS2.HI/c1-4-22-21(24(3)10-9-18-7-5-13-27-18)23-15-19(20-8-6-14-28-20)25-11-12-26-17(2)16-25;/h5-8,13-14,17,19H,4,9-12,15-16H2,1-3H3,(H,22,23);1H. The molecule has 1 aliphatic heterocycles. The van der Waals surface area contributed by atoms with Crippen molar-refractivity contribution >= 4 is 52.6 Å². The van der Waals surface area contributed by atoms with Crippen molar-refractivity contribution in [3.63, 3.8) is 0 Å². The fourth-order valence-electron chi connectivity index (χ4n) is 3.48. The van der Waals surface area contributed by atoms with E-state index in [1.165, 1.54) is 9.75 Å². The van der Waals surface area contributed by atoms with Crippen LogP contribution in [-0.4, -0.2) is 68.2 Å². The molecule has 0 saturated carbocycles. The summed E-state index contributed by atoms with van der Waals surface area (Å²) in [6.07, 6.45) is 1.33. The maximum atomic E-state index is 5.75. The lowest BCUT2D eigenvalue weighted by Gasteiger charge is -2.36. The Bertz CT molecular complexity index is 708. The van der Waals surface area contributed by atoms with Crippen LogP contribution >= 0.6 is 46.7 Å². The first kappa shape index (κ1) is 24.6. The molecule has 1 saturated heterocycles. The van der Waals surface area contributed by atoms with Crippen LogP contribution in [0.1, 0.15) is 29.6 Å². The Morgan fingerprint density at radius 3 is 2.79 bits per heavy atom. The summed E-state index contributed by atoms with van der Waals surface area (Å²) in [5.41, 5.74) is 0. The SMILES string of the molecule is CCNC(=NCC(c1cccs1)N1CCOC(C)C1)N(C)CCc1cccs1.I. The molecule has 0 bridgehead atoms. The van der Waals surface area contributed by atoms with Crippen molar-refractivity contribution < 1.29 is 4.74 Å². The molecule has 1 N–H and O–H groups in total. The number of morpholine rings is 1. The Labute approximate surface area is 200 Å². The minimum Gasteiger partial charge on any atom is -0.376 e. The number of hydrogen-bond donors (Lipinski definition) is 1. The van der Waals surface area contributed by atoms with E-state index >= 15 is 0 Å².